The van der Waals surface area contributed by atoms with Gasteiger partial charge in [0.05, 0.1) is 10.7 Å². The van der Waals surface area contributed by atoms with Crippen LogP contribution < -0.4 is 5.73 Å². The van der Waals surface area contributed by atoms with Crippen LogP contribution in [0, 0.1) is 5.82 Å². The molecule has 0 unspecified atom stereocenters. The van der Waals surface area contributed by atoms with Crippen LogP contribution >= 0.6 is 11.6 Å². The van der Waals surface area contributed by atoms with Crippen LogP contribution in [-0.4, -0.2) is 9.97 Å². The highest BCUT2D eigenvalue weighted by Crippen LogP contribution is 2.26. The van der Waals surface area contributed by atoms with Gasteiger partial charge in [0.2, 0.25) is 0 Å². The number of nitrogens with zero attached hydrogens (tertiary/aromatic N) is 2. The molecule has 0 amide bonds. The maximum absolute atomic E-state index is 13.2. The average Bonchev–Trinajstić information content (AvgIpc) is 2.50. The molecule has 2 aromatic carbocycles. The Balaban J connectivity index is 2.11. The monoisotopic (exact) mass is 299 g/mol. The second kappa shape index (κ2) is 5.50. The van der Waals surface area contributed by atoms with Crippen molar-refractivity contribution in [3.63, 3.8) is 0 Å². The summed E-state index contributed by atoms with van der Waals surface area (Å²) in [6, 6.07) is 15.6. The first-order valence-corrected chi connectivity index (χ1v) is 6.67. The van der Waals surface area contributed by atoms with Gasteiger partial charge in [-0.2, -0.15) is 0 Å². The van der Waals surface area contributed by atoms with Crippen LogP contribution in [0.15, 0.2) is 54.6 Å². The van der Waals surface area contributed by atoms with Crippen LogP contribution in [0.25, 0.3) is 22.6 Å². The number of nitrogen functional groups attached to an aromatic ring is 1. The van der Waals surface area contributed by atoms with Crippen LogP contribution in [0.3, 0.4) is 0 Å². The fourth-order valence-corrected chi connectivity index (χ4v) is 2.17. The van der Waals surface area contributed by atoms with Crippen molar-refractivity contribution in [3.05, 3.63) is 65.4 Å². The largest absolute Gasteiger partial charge is 0.384 e. The van der Waals surface area contributed by atoms with E-state index in [-0.39, 0.29) is 5.02 Å². The predicted molar refractivity (Wildman–Crippen MR) is 82.3 cm³/mol. The molecule has 0 saturated carbocycles. The van der Waals surface area contributed by atoms with Crippen molar-refractivity contribution < 1.29 is 4.39 Å². The maximum atomic E-state index is 13.2. The van der Waals surface area contributed by atoms with Gasteiger partial charge in [-0.25, -0.2) is 14.4 Å². The molecule has 0 atom stereocenters. The lowest BCUT2D eigenvalue weighted by Gasteiger charge is -2.07. The molecule has 3 nitrogen and oxygen atoms in total. The van der Waals surface area contributed by atoms with Gasteiger partial charge in [-0.15, -0.1) is 0 Å². The molecule has 0 aliphatic rings. The number of hydrogen-bond acceptors (Lipinski definition) is 3. The van der Waals surface area contributed by atoms with Gasteiger partial charge in [0.15, 0.2) is 5.82 Å². The minimum atomic E-state index is -0.467. The lowest BCUT2D eigenvalue weighted by atomic mass is 10.1. The summed E-state index contributed by atoms with van der Waals surface area (Å²) in [6.45, 7) is 0. The third-order valence-electron chi connectivity index (χ3n) is 2.99. The fourth-order valence-electron chi connectivity index (χ4n) is 1.99. The van der Waals surface area contributed by atoms with E-state index in [0.29, 0.717) is 22.9 Å². The molecule has 0 aliphatic heterocycles. The number of halogens is 2. The summed E-state index contributed by atoms with van der Waals surface area (Å²) >= 11 is 5.81. The van der Waals surface area contributed by atoms with Crippen LogP contribution in [0.1, 0.15) is 0 Å². The van der Waals surface area contributed by atoms with E-state index in [1.54, 1.807) is 12.1 Å². The van der Waals surface area contributed by atoms with Crippen LogP contribution in [0.4, 0.5) is 10.2 Å². The van der Waals surface area contributed by atoms with Gasteiger partial charge in [0.25, 0.3) is 0 Å². The van der Waals surface area contributed by atoms with Crippen molar-refractivity contribution >= 4 is 17.4 Å². The first kappa shape index (κ1) is 13.5. The normalized spacial score (nSPS) is 10.6. The van der Waals surface area contributed by atoms with E-state index in [9.17, 15) is 4.39 Å². The van der Waals surface area contributed by atoms with E-state index in [1.807, 2.05) is 30.3 Å². The summed E-state index contributed by atoms with van der Waals surface area (Å²) in [4.78, 5) is 8.70. The quantitative estimate of drug-likeness (QED) is 0.772. The number of benzene rings is 2. The third-order valence-corrected chi connectivity index (χ3v) is 3.28. The van der Waals surface area contributed by atoms with E-state index in [0.717, 1.165) is 5.56 Å². The molecule has 0 radical (unpaired) electrons. The number of rotatable bonds is 2. The fraction of sp³-hybridized carbons (Fsp3) is 0. The summed E-state index contributed by atoms with van der Waals surface area (Å²) < 4.78 is 13.2. The van der Waals surface area contributed by atoms with E-state index < -0.39 is 5.82 Å². The summed E-state index contributed by atoms with van der Waals surface area (Å²) in [5.41, 5.74) is 7.99. The van der Waals surface area contributed by atoms with Gasteiger partial charge in [0.1, 0.15) is 11.6 Å². The molecule has 1 heterocycles. The molecule has 0 spiro atoms. The van der Waals surface area contributed by atoms with Crippen molar-refractivity contribution in [2.45, 2.75) is 0 Å². The van der Waals surface area contributed by atoms with Crippen molar-refractivity contribution in [1.29, 1.82) is 0 Å². The Morgan fingerprint density at radius 2 is 1.67 bits per heavy atom. The summed E-state index contributed by atoms with van der Waals surface area (Å²) in [6.07, 6.45) is 0. The van der Waals surface area contributed by atoms with Gasteiger partial charge in [-0.3, -0.25) is 0 Å². The number of nitrogens with two attached hydrogens (primary N) is 1. The first-order valence-electron chi connectivity index (χ1n) is 6.29. The second-order valence-corrected chi connectivity index (χ2v) is 4.90. The average molecular weight is 300 g/mol. The van der Waals surface area contributed by atoms with E-state index in [4.69, 9.17) is 17.3 Å². The Labute approximate surface area is 126 Å². The zero-order chi connectivity index (χ0) is 14.8. The molecule has 0 bridgehead atoms. The molecule has 2 N–H and O–H groups in total. The van der Waals surface area contributed by atoms with E-state index in [2.05, 4.69) is 9.97 Å². The van der Waals surface area contributed by atoms with Gasteiger partial charge >= 0.3 is 0 Å². The Kier molecular flexibility index (Phi) is 3.54. The van der Waals surface area contributed by atoms with Gasteiger partial charge in [0, 0.05) is 17.2 Å². The molecule has 5 heteroatoms. The molecular formula is C16H11ClFN3. The Morgan fingerprint density at radius 1 is 0.905 bits per heavy atom. The molecule has 21 heavy (non-hydrogen) atoms. The lowest BCUT2D eigenvalue weighted by Crippen LogP contribution is -1.98. The Hall–Kier alpha value is -2.46. The SMILES string of the molecule is Nc1cc(-c2ccc(F)c(Cl)c2)nc(-c2ccccc2)n1. The predicted octanol–water partition coefficient (Wildman–Crippen LogP) is 4.19. The van der Waals surface area contributed by atoms with Gasteiger partial charge < -0.3 is 5.73 Å². The van der Waals surface area contributed by atoms with Gasteiger partial charge in [-0.1, -0.05) is 41.9 Å². The molecule has 0 saturated heterocycles. The lowest BCUT2D eigenvalue weighted by molar-refractivity contribution is 0.628. The summed E-state index contributed by atoms with van der Waals surface area (Å²) in [5.74, 6) is 0.399. The van der Waals surface area contributed by atoms with Gasteiger partial charge in [-0.05, 0) is 18.2 Å². The highest BCUT2D eigenvalue weighted by Gasteiger charge is 2.09. The van der Waals surface area contributed by atoms with E-state index >= 15 is 0 Å². The zero-order valence-electron chi connectivity index (χ0n) is 10.9. The molecule has 104 valence electrons. The molecule has 1 aromatic heterocycles. The van der Waals surface area contributed by atoms with Crippen molar-refractivity contribution in [3.8, 4) is 22.6 Å². The maximum Gasteiger partial charge on any atom is 0.162 e. The smallest absolute Gasteiger partial charge is 0.162 e. The standard InChI is InChI=1S/C16H11ClFN3/c17-12-8-11(6-7-13(12)18)14-9-15(19)21-16(20-14)10-4-2-1-3-5-10/h1-9H,(H2,19,20,21). The van der Waals surface area contributed by atoms with Crippen LogP contribution in [-0.2, 0) is 0 Å². The Morgan fingerprint density at radius 3 is 2.38 bits per heavy atom. The van der Waals surface area contributed by atoms with Crippen molar-refractivity contribution in [2.24, 2.45) is 0 Å². The molecule has 0 fully saturated rings. The molecule has 3 aromatic rings. The summed E-state index contributed by atoms with van der Waals surface area (Å²) in [5, 5.41) is 0.0472. The summed E-state index contributed by atoms with van der Waals surface area (Å²) in [7, 11) is 0. The topological polar surface area (TPSA) is 51.8 Å². The minimum Gasteiger partial charge on any atom is -0.384 e. The third kappa shape index (κ3) is 2.85. The first-order chi connectivity index (χ1) is 10.1. The highest BCUT2D eigenvalue weighted by atomic mass is 35.5. The highest BCUT2D eigenvalue weighted by molar-refractivity contribution is 6.31. The second-order valence-electron chi connectivity index (χ2n) is 4.50. The number of aromatic nitrogens is 2. The van der Waals surface area contributed by atoms with Crippen LogP contribution in [0.2, 0.25) is 5.02 Å². The molecule has 3 rings (SSSR count). The molecular weight excluding hydrogens is 289 g/mol. The van der Waals surface area contributed by atoms with Crippen molar-refractivity contribution in [2.75, 3.05) is 5.73 Å². The number of anilines is 1. The minimum absolute atomic E-state index is 0.0472. The van der Waals surface area contributed by atoms with Crippen LogP contribution in [0.5, 0.6) is 0 Å². The number of hydrogen-bond donors (Lipinski definition) is 1. The van der Waals surface area contributed by atoms with E-state index in [1.165, 1.54) is 12.1 Å². The zero-order valence-corrected chi connectivity index (χ0v) is 11.7. The Bertz CT molecular complexity index is 791. The molecule has 0 aliphatic carbocycles. The van der Waals surface area contributed by atoms with Crippen molar-refractivity contribution in [1.82, 2.24) is 9.97 Å².